The average Bonchev–Trinajstić information content (AvgIpc) is 3.73. The maximum atomic E-state index is 13.8. The van der Waals surface area contributed by atoms with Crippen molar-refractivity contribution < 1.29 is 9.47 Å². The molecule has 0 unspecified atom stereocenters. The van der Waals surface area contributed by atoms with E-state index in [1.54, 1.807) is 7.11 Å². The normalized spacial score (nSPS) is 18.8. The number of nitrogens with one attached hydrogen (secondary N) is 1. The molecule has 6 rings (SSSR count). The summed E-state index contributed by atoms with van der Waals surface area (Å²) in [6.07, 6.45) is 6.54. The van der Waals surface area contributed by atoms with E-state index in [4.69, 9.17) is 9.47 Å². The van der Waals surface area contributed by atoms with E-state index in [2.05, 4.69) is 49.7 Å². The van der Waals surface area contributed by atoms with Gasteiger partial charge >= 0.3 is 0 Å². The highest BCUT2D eigenvalue weighted by molar-refractivity contribution is 5.79. The summed E-state index contributed by atoms with van der Waals surface area (Å²) in [7, 11) is 1.67. The zero-order valence-electron chi connectivity index (χ0n) is 22.7. The Labute approximate surface area is 228 Å². The summed E-state index contributed by atoms with van der Waals surface area (Å²) in [4.78, 5) is 19.3. The van der Waals surface area contributed by atoms with Crippen molar-refractivity contribution in [3.63, 3.8) is 0 Å². The molecule has 2 aromatic heterocycles. The molecule has 1 aliphatic carbocycles. The Hall–Kier alpha value is -3.56. The molecule has 1 saturated heterocycles. The number of methoxy groups -OCH3 is 1. The largest absolute Gasteiger partial charge is 0.497 e. The molecule has 9 nitrogen and oxygen atoms in total. The maximum Gasteiger partial charge on any atom is 0.253 e. The van der Waals surface area contributed by atoms with Gasteiger partial charge in [0.1, 0.15) is 11.8 Å². The fourth-order valence-electron chi connectivity index (χ4n) is 6.10. The number of aromatic nitrogens is 5. The third-order valence-corrected chi connectivity index (χ3v) is 8.13. The SMILES string of the molecule is COc1ccc(CN(C[C@@H]2CCCO2)[C@H](c2cc3ccc(C)cc3[nH]c2=O)c2nnnn2C2CCCC2)cc1. The first-order chi connectivity index (χ1) is 19.1. The second kappa shape index (κ2) is 11.3. The summed E-state index contributed by atoms with van der Waals surface area (Å²) in [6.45, 7) is 4.07. The molecule has 2 fully saturated rings. The van der Waals surface area contributed by atoms with Crippen molar-refractivity contribution in [1.29, 1.82) is 0 Å². The third kappa shape index (κ3) is 5.46. The van der Waals surface area contributed by atoms with E-state index >= 15 is 0 Å². The Kier molecular flexibility index (Phi) is 7.43. The molecule has 2 aliphatic rings. The first-order valence-corrected chi connectivity index (χ1v) is 14.0. The molecule has 1 N–H and O–H groups in total. The molecule has 2 aromatic carbocycles. The highest BCUT2D eigenvalue weighted by Gasteiger charge is 2.35. The highest BCUT2D eigenvalue weighted by Crippen LogP contribution is 2.35. The number of H-pyrrole nitrogens is 1. The lowest BCUT2D eigenvalue weighted by molar-refractivity contribution is 0.0569. The predicted octanol–water partition coefficient (Wildman–Crippen LogP) is 4.72. The van der Waals surface area contributed by atoms with Crippen LogP contribution in [-0.4, -0.2) is 56.5 Å². The number of pyridine rings is 1. The molecule has 0 spiro atoms. The number of aryl methyl sites for hydroxylation is 1. The number of hydrogen-bond donors (Lipinski definition) is 1. The first-order valence-electron chi connectivity index (χ1n) is 14.0. The molecule has 0 bridgehead atoms. The standard InChI is InChI=1S/C30H36N6O3/c1-20-9-12-22-17-26(30(37)31-27(22)16-20)28(29-32-33-34-36(29)23-6-3-4-7-23)35(19-25-8-5-15-39-25)18-21-10-13-24(38-2)14-11-21/h9-14,16-17,23,25,28H,3-8,15,18-19H2,1-2H3,(H,31,37)/t25-,28+/m0/s1. The van der Waals surface area contributed by atoms with Gasteiger partial charge < -0.3 is 14.5 Å². The van der Waals surface area contributed by atoms with Gasteiger partial charge in [-0.15, -0.1) is 5.10 Å². The summed E-state index contributed by atoms with van der Waals surface area (Å²) in [6, 6.07) is 16.1. The smallest absolute Gasteiger partial charge is 0.253 e. The zero-order valence-corrected chi connectivity index (χ0v) is 22.7. The van der Waals surface area contributed by atoms with E-state index in [-0.39, 0.29) is 17.7 Å². The van der Waals surface area contributed by atoms with Gasteiger partial charge in [-0.2, -0.15) is 0 Å². The quantitative estimate of drug-likeness (QED) is 0.336. The van der Waals surface area contributed by atoms with E-state index in [0.717, 1.165) is 72.9 Å². The van der Waals surface area contributed by atoms with E-state index < -0.39 is 6.04 Å². The van der Waals surface area contributed by atoms with Crippen molar-refractivity contribution in [1.82, 2.24) is 30.1 Å². The van der Waals surface area contributed by atoms with E-state index in [0.29, 0.717) is 24.5 Å². The number of ether oxygens (including phenoxy) is 2. The van der Waals surface area contributed by atoms with Gasteiger partial charge in [0.2, 0.25) is 0 Å². The number of tetrazole rings is 1. The van der Waals surface area contributed by atoms with Crippen LogP contribution in [0.15, 0.2) is 53.3 Å². The molecular formula is C30H36N6O3. The summed E-state index contributed by atoms with van der Waals surface area (Å²) >= 11 is 0. The van der Waals surface area contributed by atoms with Crippen LogP contribution in [-0.2, 0) is 11.3 Å². The van der Waals surface area contributed by atoms with Crippen molar-refractivity contribution in [3.8, 4) is 5.75 Å². The summed E-state index contributed by atoms with van der Waals surface area (Å²) in [5.41, 5.74) is 3.58. The van der Waals surface area contributed by atoms with Gasteiger partial charge in [0.25, 0.3) is 5.56 Å². The van der Waals surface area contributed by atoms with Gasteiger partial charge in [-0.25, -0.2) is 4.68 Å². The predicted molar refractivity (Wildman–Crippen MR) is 149 cm³/mol. The first kappa shape index (κ1) is 25.7. The summed E-state index contributed by atoms with van der Waals surface area (Å²) < 4.78 is 13.5. The molecule has 0 amide bonds. The van der Waals surface area contributed by atoms with Gasteiger partial charge in [-0.05, 0) is 83.8 Å². The molecule has 3 heterocycles. The molecule has 39 heavy (non-hydrogen) atoms. The van der Waals surface area contributed by atoms with Crippen LogP contribution in [0.2, 0.25) is 0 Å². The van der Waals surface area contributed by atoms with Crippen molar-refractivity contribution in [2.24, 2.45) is 0 Å². The molecule has 4 aromatic rings. The van der Waals surface area contributed by atoms with Gasteiger partial charge in [0.15, 0.2) is 5.82 Å². The minimum atomic E-state index is -0.443. The second-order valence-corrected chi connectivity index (χ2v) is 10.9. The van der Waals surface area contributed by atoms with Crippen LogP contribution in [0.4, 0.5) is 0 Å². The van der Waals surface area contributed by atoms with Crippen LogP contribution in [0.5, 0.6) is 5.75 Å². The molecule has 9 heteroatoms. The van der Waals surface area contributed by atoms with Crippen molar-refractivity contribution >= 4 is 10.9 Å². The Bertz CT molecular complexity index is 1470. The molecular weight excluding hydrogens is 492 g/mol. The van der Waals surface area contributed by atoms with Crippen LogP contribution in [0, 0.1) is 6.92 Å². The second-order valence-electron chi connectivity index (χ2n) is 10.9. The molecule has 204 valence electrons. The number of fused-ring (bicyclic) bond motifs is 1. The topological polar surface area (TPSA) is 98.2 Å². The van der Waals surface area contributed by atoms with Gasteiger partial charge in [-0.1, -0.05) is 37.1 Å². The summed E-state index contributed by atoms with van der Waals surface area (Å²) in [5.74, 6) is 1.53. The highest BCUT2D eigenvalue weighted by atomic mass is 16.5. The van der Waals surface area contributed by atoms with Gasteiger partial charge in [0, 0.05) is 30.8 Å². The monoisotopic (exact) mass is 528 g/mol. The van der Waals surface area contributed by atoms with Crippen LogP contribution >= 0.6 is 0 Å². The lowest BCUT2D eigenvalue weighted by atomic mass is 10.0. The number of aromatic amines is 1. The van der Waals surface area contributed by atoms with E-state index in [9.17, 15) is 4.79 Å². The van der Waals surface area contributed by atoms with Crippen molar-refractivity contribution in [2.45, 2.75) is 70.2 Å². The van der Waals surface area contributed by atoms with Crippen molar-refractivity contribution in [2.75, 3.05) is 20.3 Å². The third-order valence-electron chi connectivity index (χ3n) is 8.13. The van der Waals surface area contributed by atoms with Crippen LogP contribution < -0.4 is 10.3 Å². The lowest BCUT2D eigenvalue weighted by Crippen LogP contribution is -2.39. The fraction of sp³-hybridized carbons (Fsp3) is 0.467. The lowest BCUT2D eigenvalue weighted by Gasteiger charge is -2.33. The minimum absolute atomic E-state index is 0.0868. The Morgan fingerprint density at radius 3 is 2.67 bits per heavy atom. The average molecular weight is 529 g/mol. The molecule has 1 aliphatic heterocycles. The Morgan fingerprint density at radius 2 is 1.92 bits per heavy atom. The van der Waals surface area contributed by atoms with E-state index in [1.165, 1.54) is 0 Å². The van der Waals surface area contributed by atoms with Gasteiger partial charge in [-0.3, -0.25) is 9.69 Å². The van der Waals surface area contributed by atoms with Crippen LogP contribution in [0.25, 0.3) is 10.9 Å². The number of rotatable bonds is 9. The van der Waals surface area contributed by atoms with Crippen LogP contribution in [0.1, 0.15) is 73.1 Å². The summed E-state index contributed by atoms with van der Waals surface area (Å²) in [5, 5.41) is 14.2. The minimum Gasteiger partial charge on any atom is -0.497 e. The number of nitrogens with zero attached hydrogens (tertiary/aromatic N) is 5. The van der Waals surface area contributed by atoms with Crippen LogP contribution in [0.3, 0.4) is 0 Å². The van der Waals surface area contributed by atoms with Crippen molar-refractivity contribution in [3.05, 3.63) is 81.4 Å². The molecule has 2 atom stereocenters. The van der Waals surface area contributed by atoms with E-state index in [1.807, 2.05) is 35.9 Å². The number of hydrogen-bond acceptors (Lipinski definition) is 7. The number of benzene rings is 2. The fourth-order valence-corrected chi connectivity index (χ4v) is 6.10. The molecule has 1 saturated carbocycles. The van der Waals surface area contributed by atoms with Gasteiger partial charge in [0.05, 0.1) is 19.3 Å². The zero-order chi connectivity index (χ0) is 26.8. The Balaban J connectivity index is 1.49. The maximum absolute atomic E-state index is 13.8. The Morgan fingerprint density at radius 1 is 1.10 bits per heavy atom. The molecule has 0 radical (unpaired) electrons.